The van der Waals surface area contributed by atoms with Crippen molar-refractivity contribution in [1.29, 1.82) is 0 Å². The van der Waals surface area contributed by atoms with E-state index in [0.29, 0.717) is 17.2 Å². The highest BCUT2D eigenvalue weighted by Gasteiger charge is 2.27. The van der Waals surface area contributed by atoms with Gasteiger partial charge in [0.25, 0.3) is 5.91 Å². The molecule has 0 spiro atoms. The predicted octanol–water partition coefficient (Wildman–Crippen LogP) is 4.75. The molecule has 1 aromatic heterocycles. The Kier molecular flexibility index (Phi) is 7.71. The van der Waals surface area contributed by atoms with E-state index in [1.54, 1.807) is 18.2 Å². The molecule has 1 aliphatic carbocycles. The topological polar surface area (TPSA) is 130 Å². The number of nitrogens with one attached hydrogen (secondary N) is 4. The van der Waals surface area contributed by atoms with Gasteiger partial charge >= 0.3 is 0 Å². The van der Waals surface area contributed by atoms with Gasteiger partial charge in [-0.05, 0) is 60.6 Å². The number of aryl methyl sites for hydroxylation is 1. The van der Waals surface area contributed by atoms with Crippen LogP contribution < -0.4 is 30.7 Å². The summed E-state index contributed by atoms with van der Waals surface area (Å²) in [6, 6.07) is 8.98. The molecule has 5 rings (SSSR count). The van der Waals surface area contributed by atoms with Crippen LogP contribution in [0, 0.1) is 6.92 Å². The summed E-state index contributed by atoms with van der Waals surface area (Å²) < 4.78 is 34.4. The molecule has 2 aromatic carbocycles. The zero-order chi connectivity index (χ0) is 30.4. The second-order valence-electron chi connectivity index (χ2n) is 12.0. The second-order valence-corrected chi connectivity index (χ2v) is 13.8. The third kappa shape index (κ3) is 5.95. The number of aromatic nitrogens is 2. The van der Waals surface area contributed by atoms with Crippen molar-refractivity contribution in [3.8, 4) is 5.75 Å². The van der Waals surface area contributed by atoms with Crippen molar-refractivity contribution in [3.05, 3.63) is 70.9 Å². The highest BCUT2D eigenvalue weighted by atomic mass is 32.2. The number of anilines is 3. The molecular formula is C30H39N7O4S. The fourth-order valence-corrected chi connectivity index (χ4v) is 5.70. The summed E-state index contributed by atoms with van der Waals surface area (Å²) in [7, 11) is -0.114. The normalized spacial score (nSPS) is 15.6. The van der Waals surface area contributed by atoms with Crippen LogP contribution in [0.15, 0.2) is 42.7 Å². The van der Waals surface area contributed by atoms with Gasteiger partial charge in [0, 0.05) is 18.5 Å². The summed E-state index contributed by atoms with van der Waals surface area (Å²) in [4.78, 5) is 18.2. The molecule has 3 aromatic rings. The Labute approximate surface area is 247 Å². The summed E-state index contributed by atoms with van der Waals surface area (Å²) in [6.07, 6.45) is 8.52. The Bertz CT molecular complexity index is 1670. The van der Waals surface area contributed by atoms with E-state index in [2.05, 4.69) is 30.6 Å². The van der Waals surface area contributed by atoms with E-state index in [0.717, 1.165) is 40.3 Å². The minimum absolute atomic E-state index is 0.226. The van der Waals surface area contributed by atoms with Gasteiger partial charge in [-0.2, -0.15) is 0 Å². The number of rotatable bonds is 8. The summed E-state index contributed by atoms with van der Waals surface area (Å²) in [5, 5.41) is 4.78. The van der Waals surface area contributed by atoms with Crippen LogP contribution in [0.3, 0.4) is 0 Å². The average Bonchev–Trinajstić information content (AvgIpc) is 3.49. The molecule has 4 N–H and O–H groups in total. The number of hydrogen-bond acceptors (Lipinski definition) is 8. The van der Waals surface area contributed by atoms with Crippen LogP contribution in [0.4, 0.5) is 17.1 Å². The van der Waals surface area contributed by atoms with Gasteiger partial charge in [0.1, 0.15) is 5.82 Å². The largest absolute Gasteiger partial charge is 0.492 e. The molecular weight excluding hydrogens is 554 g/mol. The van der Waals surface area contributed by atoms with Crippen molar-refractivity contribution in [2.24, 2.45) is 7.05 Å². The number of carbonyl (C=O) groups excluding carboxylic acids is 1. The third-order valence-electron chi connectivity index (χ3n) is 7.77. The molecule has 0 atom stereocenters. The zero-order valence-electron chi connectivity index (χ0n) is 25.1. The van der Waals surface area contributed by atoms with Crippen LogP contribution in [0.25, 0.3) is 5.70 Å². The third-order valence-corrected chi connectivity index (χ3v) is 8.36. The minimum Gasteiger partial charge on any atom is -0.492 e. The molecule has 0 unspecified atom stereocenters. The molecule has 11 nitrogen and oxygen atoms in total. The standard InChI is InChI=1S/C30H39N7O4S/c1-18-11-12-20(13-25(18)37-17-24(33-35-37)26-16-31-28(36(26)5)19-9-8-10-19)29(38)32-22-14-21(30(2,3)4)15-23(27(22)41-6)34-42(7,39)40/h11-17,19,33-35H,8-10H2,1-7H3,(H,32,38). The number of methoxy groups -OCH3 is 1. The van der Waals surface area contributed by atoms with Gasteiger partial charge in [-0.3, -0.25) is 20.0 Å². The molecule has 1 amide bonds. The Morgan fingerprint density at radius 3 is 2.48 bits per heavy atom. The quantitative estimate of drug-likeness (QED) is 0.294. The van der Waals surface area contributed by atoms with Crippen molar-refractivity contribution >= 4 is 38.7 Å². The number of nitrogens with zero attached hydrogens (tertiary/aromatic N) is 3. The molecule has 12 heteroatoms. The van der Waals surface area contributed by atoms with E-state index in [4.69, 9.17) is 4.74 Å². The van der Waals surface area contributed by atoms with E-state index in [1.807, 2.05) is 64.3 Å². The number of amides is 1. The van der Waals surface area contributed by atoms with E-state index >= 15 is 0 Å². The van der Waals surface area contributed by atoms with Gasteiger partial charge in [-0.1, -0.05) is 33.3 Å². The Morgan fingerprint density at radius 2 is 1.86 bits per heavy atom. The fourth-order valence-electron chi connectivity index (χ4n) is 5.15. The predicted molar refractivity (Wildman–Crippen MR) is 166 cm³/mol. The summed E-state index contributed by atoms with van der Waals surface area (Å²) >= 11 is 0. The van der Waals surface area contributed by atoms with Crippen molar-refractivity contribution < 1.29 is 17.9 Å². The second kappa shape index (κ2) is 11.0. The maximum absolute atomic E-state index is 13.6. The number of carbonyl (C=O) groups is 1. The molecule has 1 fully saturated rings. The molecule has 0 saturated heterocycles. The average molecular weight is 594 g/mol. The molecule has 224 valence electrons. The number of ether oxygens (including phenoxy) is 1. The van der Waals surface area contributed by atoms with Crippen LogP contribution in [0.1, 0.15) is 79.0 Å². The molecule has 0 radical (unpaired) electrons. The molecule has 0 bridgehead atoms. The maximum atomic E-state index is 13.6. The number of hydrazine groups is 2. The first-order chi connectivity index (χ1) is 19.7. The Hall–Kier alpha value is -4.03. The highest BCUT2D eigenvalue weighted by Crippen LogP contribution is 2.40. The monoisotopic (exact) mass is 593 g/mol. The summed E-state index contributed by atoms with van der Waals surface area (Å²) in [6.45, 7) is 8.00. The lowest BCUT2D eigenvalue weighted by Gasteiger charge is -2.24. The van der Waals surface area contributed by atoms with Crippen LogP contribution in [-0.4, -0.2) is 37.2 Å². The maximum Gasteiger partial charge on any atom is 0.255 e. The SMILES string of the molecule is COc1c(NC(=O)c2ccc(C)c(N3C=C(c4cnc(C5CCC5)n4C)NN3)c2)cc(C(C)(C)C)cc1NS(C)(=O)=O. The smallest absolute Gasteiger partial charge is 0.255 e. The Morgan fingerprint density at radius 1 is 1.14 bits per heavy atom. The van der Waals surface area contributed by atoms with E-state index in [-0.39, 0.29) is 22.8 Å². The van der Waals surface area contributed by atoms with Crippen LogP contribution in [0.2, 0.25) is 0 Å². The van der Waals surface area contributed by atoms with Crippen LogP contribution in [0.5, 0.6) is 5.75 Å². The fraction of sp³-hybridized carbons (Fsp3) is 0.400. The lowest BCUT2D eigenvalue weighted by atomic mass is 9.85. The van der Waals surface area contributed by atoms with Crippen molar-refractivity contribution in [2.75, 3.05) is 28.4 Å². The van der Waals surface area contributed by atoms with Gasteiger partial charge < -0.3 is 14.6 Å². The summed E-state index contributed by atoms with van der Waals surface area (Å²) in [5.74, 6) is 1.49. The van der Waals surface area contributed by atoms with Gasteiger partial charge in [0.15, 0.2) is 5.75 Å². The van der Waals surface area contributed by atoms with Crippen molar-refractivity contribution in [3.63, 3.8) is 0 Å². The van der Waals surface area contributed by atoms with Crippen molar-refractivity contribution in [1.82, 2.24) is 20.5 Å². The number of benzene rings is 2. The number of imidazole rings is 1. The molecule has 42 heavy (non-hydrogen) atoms. The molecule has 1 saturated carbocycles. The minimum atomic E-state index is -3.59. The highest BCUT2D eigenvalue weighted by molar-refractivity contribution is 7.92. The molecule has 2 aliphatic rings. The van der Waals surface area contributed by atoms with E-state index in [9.17, 15) is 13.2 Å². The van der Waals surface area contributed by atoms with Crippen molar-refractivity contribution in [2.45, 2.75) is 58.3 Å². The van der Waals surface area contributed by atoms with Gasteiger partial charge in [0.05, 0.1) is 54.2 Å². The van der Waals surface area contributed by atoms with E-state index in [1.165, 1.54) is 26.4 Å². The summed E-state index contributed by atoms with van der Waals surface area (Å²) in [5.41, 5.74) is 11.6. The first-order valence-corrected chi connectivity index (χ1v) is 15.8. The zero-order valence-corrected chi connectivity index (χ0v) is 25.9. The van der Waals surface area contributed by atoms with Crippen LogP contribution in [-0.2, 0) is 22.5 Å². The Balaban J connectivity index is 1.43. The first kappa shape index (κ1) is 29.5. The van der Waals surface area contributed by atoms with Gasteiger partial charge in [0.2, 0.25) is 10.0 Å². The van der Waals surface area contributed by atoms with E-state index < -0.39 is 10.0 Å². The van der Waals surface area contributed by atoms with Gasteiger partial charge in [-0.15, -0.1) is 5.53 Å². The van der Waals surface area contributed by atoms with Crippen LogP contribution >= 0.6 is 0 Å². The molecule has 2 heterocycles. The number of sulfonamides is 1. The van der Waals surface area contributed by atoms with Gasteiger partial charge in [-0.25, -0.2) is 13.4 Å². The molecule has 1 aliphatic heterocycles. The first-order valence-electron chi connectivity index (χ1n) is 13.9. The lowest BCUT2D eigenvalue weighted by Crippen LogP contribution is -2.36. The number of hydrogen-bond donors (Lipinski definition) is 4. The lowest BCUT2D eigenvalue weighted by molar-refractivity contribution is 0.102.